The molecule has 694 valence electrons. The number of hydrogen-bond donors (Lipinski definition) is 4. The molecule has 0 unspecified atom stereocenters. The van der Waals surface area contributed by atoms with Crippen molar-refractivity contribution in [1.82, 2.24) is 25.3 Å². The van der Waals surface area contributed by atoms with Crippen LogP contribution in [0.1, 0.15) is 434 Å². The number of nitrogens with one attached hydrogen (secondary N) is 2. The molecule has 0 aliphatic rings. The number of carboxylic acid groups (broad SMARTS) is 2. The van der Waals surface area contributed by atoms with E-state index < -0.39 is 136 Å². The number of carbonyl (C=O) groups is 11. The maximum atomic E-state index is 14.8. The molecule has 0 atom stereocenters. The van der Waals surface area contributed by atoms with Gasteiger partial charge in [0.1, 0.15) is 56.5 Å². The van der Waals surface area contributed by atoms with Gasteiger partial charge in [-0.2, -0.15) is 0 Å². The molecule has 0 saturated heterocycles. The maximum absolute atomic E-state index is 14.8. The van der Waals surface area contributed by atoms with Gasteiger partial charge in [0.2, 0.25) is 11.8 Å². The number of Topliss-reactive ketones (excluding diaryl/α,β-unsaturated/α-hetero) is 1. The highest BCUT2D eigenvalue weighted by Crippen LogP contribution is 2.22. The summed E-state index contributed by atoms with van der Waals surface area (Å²) in [6, 6.07) is 0. The summed E-state index contributed by atoms with van der Waals surface area (Å²) in [5, 5.41) is 26.4. The predicted molar refractivity (Wildman–Crippen MR) is 474 cm³/mol. The van der Waals surface area contributed by atoms with Crippen molar-refractivity contribution in [3.05, 3.63) is 0 Å². The lowest BCUT2D eigenvalue weighted by Crippen LogP contribution is -2.61. The summed E-state index contributed by atoms with van der Waals surface area (Å²) in [5.41, 5.74) is -3.61. The van der Waals surface area contributed by atoms with Gasteiger partial charge in [0.25, 0.3) is 0 Å². The molecule has 0 heterocycles. The molecule has 24 nitrogen and oxygen atoms in total. The molecule has 0 radical (unpaired) electrons. The Morgan fingerprint density at radius 2 is 0.387 bits per heavy atom. The fourth-order valence-corrected chi connectivity index (χ4v) is 14.7. The largest absolute Gasteiger partial charge is 0.480 e. The standard InChI is InChI=1S/C95H175N5O19/c1-8-14-20-26-32-38-44-50-56-62-88(108)114-77-94(78-115-89(109)63-57-51-45-39-33-27-21-15-9-2,79-116-90(110)64-58-52-46-40-34-28-22-16-10-3)96-84(102)73-99(72-83(7)101)70-68-98(75-86(104)105)69-71-100(76-87(106)107)74-85(103)97-95(80-117-91(111)65-59-53-47-41-35-29-23-17-11-4,81-118-92(112)66-60-54-48-42-36-30-24-18-12-5)82-119-93(113)67-61-55-49-43-37-31-25-19-13-6/h8-82H2,1-7H3,(H,96,102)(H,97,103)(H,104,105)(H,106,107). The van der Waals surface area contributed by atoms with Crippen LogP contribution in [0.3, 0.4) is 0 Å². The Balaban J connectivity index is 7.26. The number of carboxylic acids is 2. The predicted octanol–water partition coefficient (Wildman–Crippen LogP) is 20.1. The lowest BCUT2D eigenvalue weighted by atomic mass is 10.0. The molecule has 119 heavy (non-hydrogen) atoms. The van der Waals surface area contributed by atoms with Crippen LogP contribution in [0.5, 0.6) is 0 Å². The van der Waals surface area contributed by atoms with Gasteiger partial charge in [-0.25, -0.2) is 0 Å². The Labute approximate surface area is 721 Å². The summed E-state index contributed by atoms with van der Waals surface area (Å²) in [6.07, 6.45) is 55.9. The third-order valence-electron chi connectivity index (χ3n) is 22.1. The number of ether oxygens (including phenoxy) is 6. The smallest absolute Gasteiger partial charge is 0.317 e. The first-order valence-electron chi connectivity index (χ1n) is 48.2. The van der Waals surface area contributed by atoms with Crippen molar-refractivity contribution in [3.8, 4) is 0 Å². The zero-order valence-electron chi connectivity index (χ0n) is 76.7. The molecule has 0 aliphatic carbocycles. The van der Waals surface area contributed by atoms with Crippen LogP contribution in [0, 0.1) is 0 Å². The van der Waals surface area contributed by atoms with Crippen molar-refractivity contribution in [3.63, 3.8) is 0 Å². The Hall–Kier alpha value is -5.75. The molecular formula is C95H175N5O19. The van der Waals surface area contributed by atoms with Crippen molar-refractivity contribution in [2.24, 2.45) is 0 Å². The molecular weight excluding hydrogens is 1520 g/mol. The van der Waals surface area contributed by atoms with Gasteiger partial charge in [-0.1, -0.05) is 350 Å². The molecule has 0 aliphatic heterocycles. The van der Waals surface area contributed by atoms with Crippen LogP contribution in [0.4, 0.5) is 0 Å². The summed E-state index contributed by atoms with van der Waals surface area (Å²) in [6.45, 7) is 7.94. The Morgan fingerprint density at radius 1 is 0.227 bits per heavy atom. The summed E-state index contributed by atoms with van der Waals surface area (Å²) < 4.78 is 35.5. The molecule has 0 aromatic heterocycles. The molecule has 24 heteroatoms. The fraction of sp³-hybridized carbons (Fsp3) is 0.884. The number of carbonyl (C=O) groups excluding carboxylic acids is 9. The zero-order chi connectivity index (χ0) is 87.8. The first-order chi connectivity index (χ1) is 57.6. The monoisotopic (exact) mass is 1690 g/mol. The number of amides is 2. The van der Waals surface area contributed by atoms with E-state index in [1.165, 1.54) is 118 Å². The zero-order valence-corrected chi connectivity index (χ0v) is 76.7. The molecule has 0 rings (SSSR count). The number of nitrogens with zero attached hydrogens (tertiary/aromatic N) is 3. The van der Waals surface area contributed by atoms with E-state index in [0.717, 1.165) is 212 Å². The van der Waals surface area contributed by atoms with Gasteiger partial charge in [-0.3, -0.25) is 67.4 Å². The number of ketones is 1. The van der Waals surface area contributed by atoms with Gasteiger partial charge in [-0.15, -0.1) is 0 Å². The van der Waals surface area contributed by atoms with Crippen LogP contribution in [-0.2, 0) is 81.2 Å². The van der Waals surface area contributed by atoms with Crippen molar-refractivity contribution in [2.45, 2.75) is 445 Å². The van der Waals surface area contributed by atoms with Gasteiger partial charge in [0, 0.05) is 64.7 Å². The minimum atomic E-state index is -1.82. The van der Waals surface area contributed by atoms with Gasteiger partial charge >= 0.3 is 47.8 Å². The Bertz CT molecular complexity index is 2230. The van der Waals surface area contributed by atoms with E-state index in [1.54, 1.807) is 0 Å². The second kappa shape index (κ2) is 80.6. The van der Waals surface area contributed by atoms with Crippen LogP contribution < -0.4 is 10.6 Å². The van der Waals surface area contributed by atoms with Crippen LogP contribution in [0.2, 0.25) is 0 Å². The van der Waals surface area contributed by atoms with Gasteiger partial charge in [-0.05, 0) is 45.4 Å². The van der Waals surface area contributed by atoms with Crippen molar-refractivity contribution >= 4 is 65.4 Å². The van der Waals surface area contributed by atoms with Crippen LogP contribution in [-0.4, -0.2) is 200 Å². The molecule has 0 aromatic carbocycles. The lowest BCUT2D eigenvalue weighted by Gasteiger charge is -2.34. The van der Waals surface area contributed by atoms with E-state index in [9.17, 15) is 63.0 Å². The first-order valence-corrected chi connectivity index (χ1v) is 48.2. The molecule has 0 aromatic rings. The Morgan fingerprint density at radius 3 is 0.563 bits per heavy atom. The van der Waals surface area contributed by atoms with E-state index in [0.29, 0.717) is 38.5 Å². The quantitative estimate of drug-likeness (QED) is 0.0250. The second-order valence-corrected chi connectivity index (χ2v) is 34.3. The van der Waals surface area contributed by atoms with E-state index >= 15 is 0 Å². The number of rotatable bonds is 90. The highest BCUT2D eigenvalue weighted by atomic mass is 16.6. The van der Waals surface area contributed by atoms with Gasteiger partial charge < -0.3 is 49.3 Å². The number of unbranched alkanes of at least 4 members (excludes halogenated alkanes) is 48. The first kappa shape index (κ1) is 113. The minimum Gasteiger partial charge on any atom is -0.480 e. The highest BCUT2D eigenvalue weighted by Gasteiger charge is 2.40. The van der Waals surface area contributed by atoms with E-state index in [4.69, 9.17) is 28.4 Å². The van der Waals surface area contributed by atoms with Gasteiger partial charge in [0.05, 0.1) is 32.7 Å². The van der Waals surface area contributed by atoms with E-state index in [2.05, 4.69) is 52.2 Å². The topological polar surface area (TPSA) is 317 Å². The third-order valence-corrected chi connectivity index (χ3v) is 22.1. The number of aliphatic carboxylic acids is 2. The Kier molecular flexibility index (Phi) is 76.8. The highest BCUT2D eigenvalue weighted by molar-refractivity contribution is 5.82. The molecule has 0 spiro atoms. The molecule has 0 fully saturated rings. The van der Waals surface area contributed by atoms with Crippen LogP contribution >= 0.6 is 0 Å². The minimum absolute atomic E-state index is 0.0741. The summed E-state index contributed by atoms with van der Waals surface area (Å²) in [4.78, 5) is 154. The van der Waals surface area contributed by atoms with E-state index in [-0.39, 0.29) is 77.0 Å². The third kappa shape index (κ3) is 73.5. The average Bonchev–Trinajstić information content (AvgIpc) is 0.847. The summed E-state index contributed by atoms with van der Waals surface area (Å²) in [5.74, 6) is -7.79. The van der Waals surface area contributed by atoms with Gasteiger partial charge in [0.15, 0.2) is 0 Å². The molecule has 0 saturated carbocycles. The maximum Gasteiger partial charge on any atom is 0.317 e. The molecule has 0 bridgehead atoms. The fourth-order valence-electron chi connectivity index (χ4n) is 14.7. The second-order valence-electron chi connectivity index (χ2n) is 34.3. The molecule has 2 amide bonds. The normalized spacial score (nSPS) is 11.6. The van der Waals surface area contributed by atoms with Crippen molar-refractivity contribution in [1.29, 1.82) is 0 Å². The summed E-state index contributed by atoms with van der Waals surface area (Å²) >= 11 is 0. The van der Waals surface area contributed by atoms with Crippen molar-refractivity contribution in [2.75, 3.05) is 98.5 Å². The van der Waals surface area contributed by atoms with E-state index in [1.807, 2.05) is 0 Å². The van der Waals surface area contributed by atoms with Crippen LogP contribution in [0.15, 0.2) is 0 Å². The summed E-state index contributed by atoms with van der Waals surface area (Å²) in [7, 11) is 0. The molecule has 4 N–H and O–H groups in total. The lowest BCUT2D eigenvalue weighted by molar-refractivity contribution is -0.161. The van der Waals surface area contributed by atoms with Crippen LogP contribution in [0.25, 0.3) is 0 Å². The number of hydrogen-bond acceptors (Lipinski definition) is 20. The SMILES string of the molecule is CCCCCCCCCCCC(=O)OCC(COC(=O)CCCCCCCCCCC)(COC(=O)CCCCCCCCCCC)NC(=O)CN(CCN(CCN(CC(=O)O)CC(=O)NC(COC(=O)CCCCCCCCCCC)(COC(=O)CCCCCCCCCCC)COC(=O)CCCCCCCCCCC)CC(=O)O)CC(C)=O. The number of esters is 6. The average molecular weight is 1690 g/mol. The van der Waals surface area contributed by atoms with Crippen molar-refractivity contribution < 1.29 is 91.4 Å².